The number of ketones is 1. The minimum Gasteiger partial charge on any atom is -0.462 e. The Hall–Kier alpha value is -2.01. The van der Waals surface area contributed by atoms with Crippen molar-refractivity contribution in [1.82, 2.24) is 0 Å². The summed E-state index contributed by atoms with van der Waals surface area (Å²) >= 11 is 1.01. The van der Waals surface area contributed by atoms with Gasteiger partial charge in [0.15, 0.2) is 0 Å². The fourth-order valence-corrected chi connectivity index (χ4v) is 2.47. The van der Waals surface area contributed by atoms with Gasteiger partial charge in [-0.2, -0.15) is 0 Å². The van der Waals surface area contributed by atoms with Crippen LogP contribution in [0, 0.1) is 5.82 Å². The molecule has 0 N–H and O–H groups in total. The molecule has 0 fully saturated rings. The van der Waals surface area contributed by atoms with Crippen molar-refractivity contribution >= 4 is 23.1 Å². The van der Waals surface area contributed by atoms with Crippen LogP contribution in [0.25, 0.3) is 0 Å². The van der Waals surface area contributed by atoms with Gasteiger partial charge < -0.3 is 4.74 Å². The molecule has 0 aliphatic rings. The van der Waals surface area contributed by atoms with Gasteiger partial charge in [-0.3, -0.25) is 4.79 Å². The van der Waals surface area contributed by atoms with Crippen LogP contribution in [0.15, 0.2) is 36.4 Å². The standard InChI is InChI=1S/C15H13FO3S/c1-2-9-19-15(18)13-8-7-12(20-13)14(17)10-5-3-4-6-11(10)16/h3-8H,2,9H2,1H3. The van der Waals surface area contributed by atoms with Crippen LogP contribution in [0.2, 0.25) is 0 Å². The second kappa shape index (κ2) is 6.43. The van der Waals surface area contributed by atoms with Gasteiger partial charge in [-0.25, -0.2) is 9.18 Å². The first kappa shape index (κ1) is 14.4. The molecule has 0 aliphatic heterocycles. The fraction of sp³-hybridized carbons (Fsp3) is 0.200. The minimum absolute atomic E-state index is 0.00262. The lowest BCUT2D eigenvalue weighted by molar-refractivity contribution is 0.0511. The molecule has 0 atom stereocenters. The first-order valence-corrected chi connectivity index (χ1v) is 7.01. The molecular weight excluding hydrogens is 279 g/mol. The molecule has 0 bridgehead atoms. The predicted molar refractivity (Wildman–Crippen MR) is 74.7 cm³/mol. The third kappa shape index (κ3) is 3.11. The lowest BCUT2D eigenvalue weighted by atomic mass is 10.1. The number of carbonyl (C=O) groups excluding carboxylic acids is 2. The molecule has 0 unspecified atom stereocenters. The molecule has 1 heterocycles. The molecule has 1 aromatic carbocycles. The molecule has 3 nitrogen and oxygen atoms in total. The third-order valence-electron chi connectivity index (χ3n) is 2.59. The number of benzene rings is 1. The summed E-state index contributed by atoms with van der Waals surface area (Å²) in [6.07, 6.45) is 0.734. The molecule has 1 aromatic heterocycles. The van der Waals surface area contributed by atoms with Gasteiger partial charge in [-0.1, -0.05) is 19.1 Å². The Balaban J connectivity index is 2.19. The Morgan fingerprint density at radius 1 is 1.15 bits per heavy atom. The summed E-state index contributed by atoms with van der Waals surface area (Å²) in [4.78, 5) is 24.4. The van der Waals surface area contributed by atoms with Crippen molar-refractivity contribution < 1.29 is 18.7 Å². The fourth-order valence-electron chi connectivity index (χ4n) is 1.61. The van der Waals surface area contributed by atoms with Gasteiger partial charge in [0.1, 0.15) is 10.7 Å². The van der Waals surface area contributed by atoms with Crippen LogP contribution in [-0.2, 0) is 4.74 Å². The quantitative estimate of drug-likeness (QED) is 0.623. The zero-order valence-electron chi connectivity index (χ0n) is 10.9. The van der Waals surface area contributed by atoms with E-state index in [9.17, 15) is 14.0 Å². The van der Waals surface area contributed by atoms with Crippen LogP contribution >= 0.6 is 11.3 Å². The molecule has 0 saturated carbocycles. The van der Waals surface area contributed by atoms with Crippen molar-refractivity contribution in [3.8, 4) is 0 Å². The molecule has 0 radical (unpaired) electrons. The number of thiophene rings is 1. The van der Waals surface area contributed by atoms with Gasteiger partial charge in [-0.15, -0.1) is 11.3 Å². The van der Waals surface area contributed by atoms with Crippen LogP contribution in [0.5, 0.6) is 0 Å². The van der Waals surface area contributed by atoms with Gasteiger partial charge in [0, 0.05) is 0 Å². The van der Waals surface area contributed by atoms with E-state index in [1.165, 1.54) is 30.3 Å². The number of halogens is 1. The molecule has 0 saturated heterocycles. The Morgan fingerprint density at radius 3 is 2.55 bits per heavy atom. The topological polar surface area (TPSA) is 43.4 Å². The third-order valence-corrected chi connectivity index (χ3v) is 3.65. The van der Waals surface area contributed by atoms with E-state index in [4.69, 9.17) is 4.74 Å². The van der Waals surface area contributed by atoms with Crippen LogP contribution < -0.4 is 0 Å². The molecule has 2 rings (SSSR count). The Labute approximate surface area is 120 Å². The lowest BCUT2D eigenvalue weighted by Gasteiger charge is -2.00. The number of hydrogen-bond donors (Lipinski definition) is 0. The van der Waals surface area contributed by atoms with Crippen molar-refractivity contribution in [3.05, 3.63) is 57.5 Å². The van der Waals surface area contributed by atoms with Gasteiger partial charge in [0.2, 0.25) is 5.78 Å². The van der Waals surface area contributed by atoms with E-state index in [0.29, 0.717) is 16.4 Å². The smallest absolute Gasteiger partial charge is 0.348 e. The summed E-state index contributed by atoms with van der Waals surface area (Å²) in [5.74, 6) is -1.45. The summed E-state index contributed by atoms with van der Waals surface area (Å²) in [6, 6.07) is 8.82. The Morgan fingerprint density at radius 2 is 1.85 bits per heavy atom. The highest BCUT2D eigenvalue weighted by Crippen LogP contribution is 2.22. The highest BCUT2D eigenvalue weighted by Gasteiger charge is 2.18. The first-order valence-electron chi connectivity index (χ1n) is 6.19. The largest absolute Gasteiger partial charge is 0.462 e. The van der Waals surface area contributed by atoms with E-state index in [0.717, 1.165) is 17.8 Å². The van der Waals surface area contributed by atoms with E-state index in [-0.39, 0.29) is 5.56 Å². The van der Waals surface area contributed by atoms with Crippen molar-refractivity contribution in [2.45, 2.75) is 13.3 Å². The molecule has 5 heteroatoms. The molecule has 20 heavy (non-hydrogen) atoms. The molecule has 104 valence electrons. The Kier molecular flexibility index (Phi) is 4.63. The van der Waals surface area contributed by atoms with Crippen LogP contribution in [0.4, 0.5) is 4.39 Å². The van der Waals surface area contributed by atoms with E-state index >= 15 is 0 Å². The number of esters is 1. The summed E-state index contributed by atoms with van der Waals surface area (Å²) in [7, 11) is 0. The maximum absolute atomic E-state index is 13.5. The monoisotopic (exact) mass is 292 g/mol. The second-order valence-corrected chi connectivity index (χ2v) is 5.19. The zero-order chi connectivity index (χ0) is 14.5. The number of carbonyl (C=O) groups is 2. The lowest BCUT2D eigenvalue weighted by Crippen LogP contribution is -2.04. The van der Waals surface area contributed by atoms with Gasteiger partial charge >= 0.3 is 5.97 Å². The zero-order valence-corrected chi connectivity index (χ0v) is 11.7. The van der Waals surface area contributed by atoms with Crippen molar-refractivity contribution in [2.24, 2.45) is 0 Å². The molecule has 0 amide bonds. The normalized spacial score (nSPS) is 10.3. The summed E-state index contributed by atoms with van der Waals surface area (Å²) in [5.41, 5.74) is 0.00262. The van der Waals surface area contributed by atoms with E-state index in [2.05, 4.69) is 0 Å². The number of rotatable bonds is 5. The van der Waals surface area contributed by atoms with E-state index < -0.39 is 17.6 Å². The summed E-state index contributed by atoms with van der Waals surface area (Å²) in [5, 5.41) is 0. The van der Waals surface area contributed by atoms with E-state index in [1.54, 1.807) is 6.07 Å². The Bertz CT molecular complexity index is 634. The van der Waals surface area contributed by atoms with Crippen molar-refractivity contribution in [3.63, 3.8) is 0 Å². The average Bonchev–Trinajstić information content (AvgIpc) is 2.94. The maximum atomic E-state index is 13.5. The number of ether oxygens (including phenoxy) is 1. The van der Waals surface area contributed by atoms with Gasteiger partial charge in [0.25, 0.3) is 0 Å². The van der Waals surface area contributed by atoms with Crippen LogP contribution in [-0.4, -0.2) is 18.4 Å². The van der Waals surface area contributed by atoms with Gasteiger partial charge in [0.05, 0.1) is 17.0 Å². The summed E-state index contributed by atoms with van der Waals surface area (Å²) < 4.78 is 18.5. The predicted octanol–water partition coefficient (Wildman–Crippen LogP) is 3.69. The van der Waals surface area contributed by atoms with Crippen LogP contribution in [0.3, 0.4) is 0 Å². The molecular formula is C15H13FO3S. The van der Waals surface area contributed by atoms with Crippen LogP contribution in [0.1, 0.15) is 38.3 Å². The summed E-state index contributed by atoms with van der Waals surface area (Å²) in [6.45, 7) is 2.24. The van der Waals surface area contributed by atoms with Crippen molar-refractivity contribution in [2.75, 3.05) is 6.61 Å². The average molecular weight is 292 g/mol. The highest BCUT2D eigenvalue weighted by atomic mass is 32.1. The number of hydrogen-bond acceptors (Lipinski definition) is 4. The SMILES string of the molecule is CCCOC(=O)c1ccc(C(=O)c2ccccc2F)s1. The first-order chi connectivity index (χ1) is 9.63. The van der Waals surface area contributed by atoms with Gasteiger partial charge in [-0.05, 0) is 30.7 Å². The molecule has 2 aromatic rings. The minimum atomic E-state index is -0.569. The maximum Gasteiger partial charge on any atom is 0.348 e. The second-order valence-electron chi connectivity index (χ2n) is 4.11. The molecule has 0 spiro atoms. The molecule has 0 aliphatic carbocycles. The van der Waals surface area contributed by atoms with Crippen molar-refractivity contribution in [1.29, 1.82) is 0 Å². The highest BCUT2D eigenvalue weighted by molar-refractivity contribution is 7.16. The van der Waals surface area contributed by atoms with E-state index in [1.807, 2.05) is 6.92 Å².